The van der Waals surface area contributed by atoms with Crippen molar-refractivity contribution in [1.82, 2.24) is 0 Å². The molecule has 5 nitrogen and oxygen atoms in total. The van der Waals surface area contributed by atoms with E-state index in [1.165, 1.54) is 12.1 Å². The minimum atomic E-state index is -1.33. The Morgan fingerprint density at radius 2 is 1.78 bits per heavy atom. The molecule has 1 atom stereocenters. The van der Waals surface area contributed by atoms with Gasteiger partial charge in [-0.2, -0.15) is 4.40 Å². The molecule has 0 N–H and O–H groups in total. The Bertz CT molecular complexity index is 501. The van der Waals surface area contributed by atoms with Crippen molar-refractivity contribution < 1.29 is 9.13 Å². The van der Waals surface area contributed by atoms with Gasteiger partial charge in [0, 0.05) is 12.1 Å². The third-order valence-corrected chi connectivity index (χ3v) is 3.73. The second-order valence-corrected chi connectivity index (χ2v) is 6.75. The molecule has 0 heterocycles. The Morgan fingerprint density at radius 3 is 2.17 bits per heavy atom. The van der Waals surface area contributed by atoms with Crippen LogP contribution in [-0.4, -0.2) is 19.6 Å². The molecule has 0 bridgehead atoms. The van der Waals surface area contributed by atoms with Crippen LogP contribution in [0.15, 0.2) is 28.7 Å². The van der Waals surface area contributed by atoms with Gasteiger partial charge in [0.05, 0.1) is 15.4 Å². The quantitative estimate of drug-likeness (QED) is 0.480. The Morgan fingerprint density at radius 1 is 1.28 bits per heavy atom. The van der Waals surface area contributed by atoms with Crippen LogP contribution < -0.4 is 0 Å². The van der Waals surface area contributed by atoms with Crippen LogP contribution in [0.4, 0.5) is 5.69 Å². The number of benzene rings is 1. The average molecular weight is 268 g/mol. The first-order chi connectivity index (χ1) is 8.21. The summed E-state index contributed by atoms with van der Waals surface area (Å²) in [5.41, 5.74) is 1.37. The molecule has 0 aromatic heterocycles. The molecule has 0 radical (unpaired) electrons. The maximum atomic E-state index is 11.8. The largest absolute Gasteiger partial charge is 0.269 e. The molecule has 0 amide bonds. The molecule has 1 aromatic rings. The molecular formula is C12H16N2O3S. The minimum absolute atomic E-state index is 0.0310. The number of nitro groups is 1. The third kappa shape index (κ3) is 3.73. The highest BCUT2D eigenvalue weighted by atomic mass is 32.2. The zero-order chi connectivity index (χ0) is 13.9. The Kier molecular flexibility index (Phi) is 4.34. The van der Waals surface area contributed by atoms with Crippen molar-refractivity contribution in [2.24, 2.45) is 4.40 Å². The lowest BCUT2D eigenvalue weighted by molar-refractivity contribution is -0.384. The van der Waals surface area contributed by atoms with Gasteiger partial charge in [-0.05, 0) is 45.4 Å². The van der Waals surface area contributed by atoms with Gasteiger partial charge in [0.15, 0.2) is 0 Å². The molecule has 6 heteroatoms. The van der Waals surface area contributed by atoms with Crippen molar-refractivity contribution >= 4 is 22.4 Å². The van der Waals surface area contributed by atoms with E-state index in [1.54, 1.807) is 19.1 Å². The van der Waals surface area contributed by atoms with Gasteiger partial charge in [0.1, 0.15) is 11.0 Å². The lowest BCUT2D eigenvalue weighted by atomic mass is 10.1. The van der Waals surface area contributed by atoms with E-state index >= 15 is 0 Å². The normalized spacial score (nSPS) is 14.3. The van der Waals surface area contributed by atoms with Gasteiger partial charge < -0.3 is 0 Å². The predicted molar refractivity (Wildman–Crippen MR) is 73.2 cm³/mol. The molecule has 98 valence electrons. The highest BCUT2D eigenvalue weighted by Gasteiger charge is 2.19. The van der Waals surface area contributed by atoms with Crippen LogP contribution >= 0.6 is 0 Å². The van der Waals surface area contributed by atoms with Crippen LogP contribution in [0.3, 0.4) is 0 Å². The second kappa shape index (κ2) is 5.39. The molecule has 0 aliphatic rings. The van der Waals surface area contributed by atoms with Crippen LogP contribution in [0.1, 0.15) is 33.3 Å². The van der Waals surface area contributed by atoms with E-state index in [9.17, 15) is 14.3 Å². The highest BCUT2D eigenvalue weighted by molar-refractivity contribution is 7.85. The Balaban J connectivity index is 2.98. The summed E-state index contributed by atoms with van der Waals surface area (Å²) < 4.78 is 15.5. The summed E-state index contributed by atoms with van der Waals surface area (Å²) in [6, 6.07) is 6.04. The molecule has 0 saturated heterocycles. The van der Waals surface area contributed by atoms with E-state index < -0.39 is 20.7 Å². The number of rotatable bonds is 3. The molecular weight excluding hydrogens is 252 g/mol. The van der Waals surface area contributed by atoms with Gasteiger partial charge in [-0.3, -0.25) is 10.1 Å². The fourth-order valence-electron chi connectivity index (χ4n) is 1.14. The van der Waals surface area contributed by atoms with E-state index in [4.69, 9.17) is 0 Å². The van der Waals surface area contributed by atoms with Gasteiger partial charge in [-0.25, -0.2) is 4.21 Å². The summed E-state index contributed by atoms with van der Waals surface area (Å²) in [7, 11) is -1.33. The second-order valence-electron chi connectivity index (χ2n) is 4.84. The van der Waals surface area contributed by atoms with E-state index in [-0.39, 0.29) is 5.69 Å². The standard InChI is InChI=1S/C12H16N2O3S/c1-9(13-18(17)12(2,3)4)10-5-7-11(8-6-10)14(15)16/h5-8H,1-4H3/b13-9+/t18-/m1/s1. The fraction of sp³-hybridized carbons (Fsp3) is 0.417. The molecule has 0 aliphatic carbocycles. The van der Waals surface area contributed by atoms with Crippen molar-refractivity contribution in [3.63, 3.8) is 0 Å². The monoisotopic (exact) mass is 268 g/mol. The van der Waals surface area contributed by atoms with E-state index in [0.29, 0.717) is 5.71 Å². The van der Waals surface area contributed by atoms with Crippen molar-refractivity contribution in [3.8, 4) is 0 Å². The first-order valence-corrected chi connectivity index (χ1v) is 6.54. The molecule has 0 fully saturated rings. The van der Waals surface area contributed by atoms with Gasteiger partial charge >= 0.3 is 0 Å². The number of nitrogens with zero attached hydrogens (tertiary/aromatic N) is 2. The maximum absolute atomic E-state index is 11.8. The van der Waals surface area contributed by atoms with Crippen molar-refractivity contribution in [2.45, 2.75) is 32.4 Å². The molecule has 0 saturated carbocycles. The van der Waals surface area contributed by atoms with Gasteiger partial charge in [-0.15, -0.1) is 0 Å². The van der Waals surface area contributed by atoms with Crippen LogP contribution in [-0.2, 0) is 11.0 Å². The summed E-state index contributed by atoms with van der Waals surface area (Å²) in [6.45, 7) is 7.27. The van der Waals surface area contributed by atoms with Crippen molar-refractivity contribution in [1.29, 1.82) is 0 Å². The van der Waals surface area contributed by atoms with Crippen molar-refractivity contribution in [3.05, 3.63) is 39.9 Å². The molecule has 0 unspecified atom stereocenters. The summed E-state index contributed by atoms with van der Waals surface area (Å²) >= 11 is 0. The number of non-ortho nitro benzene ring substituents is 1. The predicted octanol–water partition coefficient (Wildman–Crippen LogP) is 2.87. The number of hydrogen-bond donors (Lipinski definition) is 0. The van der Waals surface area contributed by atoms with Crippen LogP contribution in [0.5, 0.6) is 0 Å². The van der Waals surface area contributed by atoms with Gasteiger partial charge in [0.2, 0.25) is 0 Å². The molecule has 0 aliphatic heterocycles. The smallest absolute Gasteiger partial charge is 0.258 e. The minimum Gasteiger partial charge on any atom is -0.258 e. The number of hydrogen-bond acceptors (Lipinski definition) is 3. The summed E-state index contributed by atoms with van der Waals surface area (Å²) in [5, 5.41) is 10.5. The zero-order valence-corrected chi connectivity index (χ0v) is 11.7. The fourth-order valence-corrected chi connectivity index (χ4v) is 1.77. The first kappa shape index (κ1) is 14.5. The SMILES string of the molecule is C/C(=N\[S@](=O)C(C)(C)C)c1ccc([N+](=O)[O-])cc1. The highest BCUT2D eigenvalue weighted by Crippen LogP contribution is 2.16. The van der Waals surface area contributed by atoms with E-state index in [2.05, 4.69) is 4.40 Å². The maximum Gasteiger partial charge on any atom is 0.269 e. The van der Waals surface area contributed by atoms with E-state index in [1.807, 2.05) is 20.8 Å². The van der Waals surface area contributed by atoms with Crippen LogP contribution in [0.25, 0.3) is 0 Å². The Labute approximate surface area is 109 Å². The zero-order valence-electron chi connectivity index (χ0n) is 10.8. The van der Waals surface area contributed by atoms with Crippen LogP contribution in [0.2, 0.25) is 0 Å². The topological polar surface area (TPSA) is 72.6 Å². The summed E-state index contributed by atoms with van der Waals surface area (Å²) in [6.07, 6.45) is 0. The molecule has 1 aromatic carbocycles. The molecule has 1 rings (SSSR count). The van der Waals surface area contributed by atoms with Gasteiger partial charge in [0.25, 0.3) is 5.69 Å². The third-order valence-electron chi connectivity index (χ3n) is 2.24. The average Bonchev–Trinajstić information content (AvgIpc) is 2.27. The lowest BCUT2D eigenvalue weighted by Gasteiger charge is -2.14. The summed E-state index contributed by atoms with van der Waals surface area (Å²) in [5.74, 6) is 0. The molecule has 18 heavy (non-hydrogen) atoms. The number of nitro benzene ring substituents is 1. The lowest BCUT2D eigenvalue weighted by Crippen LogP contribution is -2.20. The first-order valence-electron chi connectivity index (χ1n) is 5.44. The van der Waals surface area contributed by atoms with Crippen LogP contribution in [0, 0.1) is 10.1 Å². The van der Waals surface area contributed by atoms with Gasteiger partial charge in [-0.1, -0.05) is 0 Å². The molecule has 0 spiro atoms. The van der Waals surface area contributed by atoms with E-state index in [0.717, 1.165) is 5.56 Å². The van der Waals surface area contributed by atoms with Crippen molar-refractivity contribution in [2.75, 3.05) is 0 Å². The Hall–Kier alpha value is -1.56. The summed E-state index contributed by atoms with van der Waals surface area (Å²) in [4.78, 5) is 10.1.